The summed E-state index contributed by atoms with van der Waals surface area (Å²) in [7, 11) is 1.25. The Morgan fingerprint density at radius 3 is 3.08 bits per heavy atom. The zero-order valence-corrected chi connectivity index (χ0v) is 14.6. The monoisotopic (exact) mass is 369 g/mol. The van der Waals surface area contributed by atoms with E-state index < -0.39 is 11.9 Å². The van der Waals surface area contributed by atoms with Gasteiger partial charge in [-0.1, -0.05) is 18.2 Å². The topological polar surface area (TPSA) is 97.9 Å². The Balaban J connectivity index is 1.65. The van der Waals surface area contributed by atoms with Crippen LogP contribution < -0.4 is 5.32 Å². The van der Waals surface area contributed by atoms with Crippen LogP contribution in [0.4, 0.5) is 0 Å². The third-order valence-electron chi connectivity index (χ3n) is 3.31. The fraction of sp³-hybridized carbons (Fsp3) is 0.118. The molecule has 0 saturated carbocycles. The van der Waals surface area contributed by atoms with Crippen LogP contribution in [0.25, 0.3) is 0 Å². The smallest absolute Gasteiger partial charge is 0.331 e. The van der Waals surface area contributed by atoms with Gasteiger partial charge < -0.3 is 4.74 Å². The second-order valence-corrected chi connectivity index (χ2v) is 6.22. The zero-order chi connectivity index (χ0) is 18.4. The number of esters is 1. The Kier molecular flexibility index (Phi) is 5.59. The van der Waals surface area contributed by atoms with Gasteiger partial charge in [0.1, 0.15) is 0 Å². The first-order valence-corrected chi connectivity index (χ1v) is 8.42. The van der Waals surface area contributed by atoms with E-state index in [-0.39, 0.29) is 4.91 Å². The number of benzene rings is 1. The Hall–Kier alpha value is -3.20. The SMILES string of the molecule is COC(=O)/C=C1/S/C(=N\N=Cc2cccc(Cn3cccn3)c2)NC1=O. The molecule has 0 radical (unpaired) electrons. The number of thioether (sulfide) groups is 1. The van der Waals surface area contributed by atoms with Crippen molar-refractivity contribution in [3.8, 4) is 0 Å². The molecule has 3 rings (SSSR count). The van der Waals surface area contributed by atoms with Crippen molar-refractivity contribution in [2.75, 3.05) is 7.11 Å². The molecule has 0 atom stereocenters. The zero-order valence-electron chi connectivity index (χ0n) is 13.8. The lowest BCUT2D eigenvalue weighted by Crippen LogP contribution is -2.19. The van der Waals surface area contributed by atoms with E-state index in [4.69, 9.17) is 0 Å². The quantitative estimate of drug-likeness (QED) is 0.373. The summed E-state index contributed by atoms with van der Waals surface area (Å²) in [4.78, 5) is 23.1. The molecule has 2 heterocycles. The van der Waals surface area contributed by atoms with Crippen molar-refractivity contribution in [3.05, 3.63) is 64.8 Å². The number of nitrogens with one attached hydrogen (secondary N) is 1. The van der Waals surface area contributed by atoms with Gasteiger partial charge in [-0.3, -0.25) is 14.8 Å². The van der Waals surface area contributed by atoms with Crippen LogP contribution in [0, 0.1) is 0 Å². The molecule has 1 saturated heterocycles. The molecular weight excluding hydrogens is 354 g/mol. The molecule has 1 aromatic heterocycles. The maximum Gasteiger partial charge on any atom is 0.331 e. The Bertz CT molecular complexity index is 903. The van der Waals surface area contributed by atoms with E-state index >= 15 is 0 Å². The van der Waals surface area contributed by atoms with Gasteiger partial charge in [-0.2, -0.15) is 10.2 Å². The number of methoxy groups -OCH3 is 1. The van der Waals surface area contributed by atoms with Crippen molar-refractivity contribution >= 4 is 35.0 Å². The maximum absolute atomic E-state index is 11.7. The van der Waals surface area contributed by atoms with Crippen molar-refractivity contribution < 1.29 is 14.3 Å². The largest absolute Gasteiger partial charge is 0.466 e. The van der Waals surface area contributed by atoms with Gasteiger partial charge in [0.2, 0.25) is 0 Å². The first-order valence-electron chi connectivity index (χ1n) is 7.60. The maximum atomic E-state index is 11.7. The Labute approximate surface area is 153 Å². The molecule has 0 bridgehead atoms. The number of rotatable bonds is 5. The molecule has 1 aliphatic rings. The number of aromatic nitrogens is 2. The van der Waals surface area contributed by atoms with E-state index in [1.807, 2.05) is 41.2 Å². The highest BCUT2D eigenvalue weighted by Crippen LogP contribution is 2.23. The fourth-order valence-corrected chi connectivity index (χ4v) is 2.88. The molecule has 1 fully saturated rings. The van der Waals surface area contributed by atoms with Gasteiger partial charge in [-0.15, -0.1) is 5.10 Å². The molecule has 1 amide bonds. The third-order valence-corrected chi connectivity index (χ3v) is 4.21. The van der Waals surface area contributed by atoms with Crippen molar-refractivity contribution in [3.63, 3.8) is 0 Å². The minimum absolute atomic E-state index is 0.215. The van der Waals surface area contributed by atoms with Crippen molar-refractivity contribution in [2.24, 2.45) is 10.2 Å². The van der Waals surface area contributed by atoms with Gasteiger partial charge in [-0.25, -0.2) is 4.79 Å². The van der Waals surface area contributed by atoms with E-state index in [9.17, 15) is 9.59 Å². The molecular formula is C17H15N5O3S. The predicted molar refractivity (Wildman–Crippen MR) is 98.6 cm³/mol. The summed E-state index contributed by atoms with van der Waals surface area (Å²) in [6, 6.07) is 9.68. The third kappa shape index (κ3) is 4.67. The van der Waals surface area contributed by atoms with Gasteiger partial charge in [0.15, 0.2) is 5.17 Å². The lowest BCUT2D eigenvalue weighted by Gasteiger charge is -2.02. The van der Waals surface area contributed by atoms with Gasteiger partial charge in [-0.05, 0) is 35.0 Å². The minimum atomic E-state index is -0.596. The van der Waals surface area contributed by atoms with Crippen LogP contribution in [-0.2, 0) is 20.9 Å². The normalized spacial score (nSPS) is 17.2. The van der Waals surface area contributed by atoms with E-state index in [0.717, 1.165) is 29.0 Å². The molecule has 1 aromatic carbocycles. The highest BCUT2D eigenvalue weighted by molar-refractivity contribution is 8.18. The number of nitrogens with zero attached hydrogens (tertiary/aromatic N) is 4. The van der Waals surface area contributed by atoms with Gasteiger partial charge in [0, 0.05) is 18.5 Å². The molecule has 8 nitrogen and oxygen atoms in total. The Morgan fingerprint density at radius 2 is 2.31 bits per heavy atom. The van der Waals surface area contributed by atoms with Crippen LogP contribution in [0.5, 0.6) is 0 Å². The molecule has 132 valence electrons. The van der Waals surface area contributed by atoms with E-state index in [0.29, 0.717) is 11.7 Å². The molecule has 1 aliphatic heterocycles. The predicted octanol–water partition coefficient (Wildman–Crippen LogP) is 1.54. The highest BCUT2D eigenvalue weighted by atomic mass is 32.2. The van der Waals surface area contributed by atoms with Crippen LogP contribution in [0.1, 0.15) is 11.1 Å². The van der Waals surface area contributed by atoms with E-state index in [1.54, 1.807) is 12.4 Å². The molecule has 0 unspecified atom stereocenters. The van der Waals surface area contributed by atoms with Crippen LogP contribution in [0.15, 0.2) is 63.9 Å². The van der Waals surface area contributed by atoms with E-state index in [1.165, 1.54) is 7.11 Å². The number of hydrogen-bond donors (Lipinski definition) is 1. The van der Waals surface area contributed by atoms with Crippen molar-refractivity contribution in [1.29, 1.82) is 0 Å². The summed E-state index contributed by atoms with van der Waals surface area (Å²) in [5.41, 5.74) is 1.95. The van der Waals surface area contributed by atoms with Gasteiger partial charge in [0.05, 0.1) is 24.8 Å². The summed E-state index contributed by atoms with van der Waals surface area (Å²) in [6.45, 7) is 0.663. The van der Waals surface area contributed by atoms with Crippen molar-refractivity contribution in [2.45, 2.75) is 6.54 Å². The average molecular weight is 369 g/mol. The number of ether oxygens (including phenoxy) is 1. The molecule has 26 heavy (non-hydrogen) atoms. The van der Waals surface area contributed by atoms with E-state index in [2.05, 4.69) is 25.4 Å². The summed E-state index contributed by atoms with van der Waals surface area (Å²) in [5.74, 6) is -1.00. The van der Waals surface area contributed by atoms with Crippen LogP contribution >= 0.6 is 11.8 Å². The van der Waals surface area contributed by atoms with Crippen LogP contribution in [0.2, 0.25) is 0 Å². The highest BCUT2D eigenvalue weighted by Gasteiger charge is 2.24. The molecule has 9 heteroatoms. The Morgan fingerprint density at radius 1 is 1.42 bits per heavy atom. The second kappa shape index (κ2) is 8.26. The number of hydrogen-bond acceptors (Lipinski definition) is 7. The lowest BCUT2D eigenvalue weighted by atomic mass is 10.1. The number of carbonyl (C=O) groups excluding carboxylic acids is 2. The number of amidine groups is 1. The summed E-state index contributed by atoms with van der Waals surface area (Å²) in [6.07, 6.45) is 6.34. The van der Waals surface area contributed by atoms with Gasteiger partial charge in [0.25, 0.3) is 5.91 Å². The summed E-state index contributed by atoms with van der Waals surface area (Å²) < 4.78 is 6.33. The average Bonchev–Trinajstić information content (AvgIpc) is 3.25. The minimum Gasteiger partial charge on any atom is -0.466 e. The molecule has 2 aromatic rings. The fourth-order valence-electron chi connectivity index (χ4n) is 2.14. The molecule has 1 N–H and O–H groups in total. The standard InChI is InChI=1S/C17H15N5O3S/c1-25-15(23)9-14-16(24)20-17(26-14)21-18-10-12-4-2-5-13(8-12)11-22-7-3-6-19-22/h2-10H,11H2,1H3,(H,20,21,24)/b14-9+,18-10?. The first-order chi connectivity index (χ1) is 12.6. The lowest BCUT2D eigenvalue weighted by molar-refractivity contribution is -0.135. The van der Waals surface area contributed by atoms with Crippen LogP contribution in [0.3, 0.4) is 0 Å². The summed E-state index contributed by atoms with van der Waals surface area (Å²) >= 11 is 1.03. The van der Waals surface area contributed by atoms with Crippen LogP contribution in [-0.4, -0.2) is 40.1 Å². The summed E-state index contributed by atoms with van der Waals surface area (Å²) in [5, 5.41) is 15.0. The van der Waals surface area contributed by atoms with Crippen molar-refractivity contribution in [1.82, 2.24) is 15.1 Å². The number of amides is 1. The number of carbonyl (C=O) groups is 2. The molecule has 0 spiro atoms. The second-order valence-electron chi connectivity index (χ2n) is 5.19. The molecule has 0 aliphatic carbocycles. The first kappa shape index (κ1) is 17.6. The van der Waals surface area contributed by atoms with Gasteiger partial charge >= 0.3 is 5.97 Å².